The Bertz CT molecular complexity index is 848. The molecular weight excluding hydrogens is 435 g/mol. The Balaban J connectivity index is 2.10. The van der Waals surface area contributed by atoms with Crippen LogP contribution in [0, 0.1) is 5.82 Å². The van der Waals surface area contributed by atoms with Gasteiger partial charge in [-0.05, 0) is 42.2 Å². The van der Waals surface area contributed by atoms with Crippen molar-refractivity contribution >= 4 is 35.2 Å². The number of hydrogen-bond acceptors (Lipinski definition) is 3. The van der Waals surface area contributed by atoms with Crippen molar-refractivity contribution < 1.29 is 14.0 Å². The maximum atomic E-state index is 13.9. The average Bonchev–Trinajstić information content (AvgIpc) is 2.76. The zero-order valence-corrected chi connectivity index (χ0v) is 19.6. The van der Waals surface area contributed by atoms with E-state index < -0.39 is 6.04 Å². The smallest absolute Gasteiger partial charge is 0.242 e. The van der Waals surface area contributed by atoms with Crippen LogP contribution in [0.25, 0.3) is 0 Å². The van der Waals surface area contributed by atoms with Gasteiger partial charge in [-0.15, -0.1) is 11.8 Å². The van der Waals surface area contributed by atoms with Crippen molar-refractivity contribution in [2.45, 2.75) is 51.4 Å². The molecule has 1 atom stereocenters. The highest BCUT2D eigenvalue weighted by atomic mass is 35.5. The molecule has 0 bridgehead atoms. The van der Waals surface area contributed by atoms with Crippen LogP contribution in [-0.4, -0.2) is 35.1 Å². The fourth-order valence-electron chi connectivity index (χ4n) is 3.16. The first-order chi connectivity index (χ1) is 15.0. The molecule has 2 rings (SSSR count). The Morgan fingerprint density at radius 3 is 2.48 bits per heavy atom. The van der Waals surface area contributed by atoms with Gasteiger partial charge in [0.1, 0.15) is 11.9 Å². The van der Waals surface area contributed by atoms with Crippen LogP contribution < -0.4 is 5.32 Å². The van der Waals surface area contributed by atoms with Crippen molar-refractivity contribution in [2.75, 3.05) is 12.3 Å². The molecule has 1 N–H and O–H groups in total. The van der Waals surface area contributed by atoms with Gasteiger partial charge in [-0.25, -0.2) is 4.39 Å². The number of carbonyl (C=O) groups is 2. The standard InChI is InChI=1S/C24H30ClFN2O2S/c1-3-5-14-27-24(30)22(4-2)28(15-18-10-12-20(25)13-11-18)23(29)17-31-16-19-8-6-7-9-21(19)26/h6-13,22H,3-5,14-17H2,1-2H3,(H,27,30)/t22-/m1/s1. The van der Waals surface area contributed by atoms with Crippen molar-refractivity contribution in [3.8, 4) is 0 Å². The molecule has 2 aromatic carbocycles. The minimum absolute atomic E-state index is 0.141. The summed E-state index contributed by atoms with van der Waals surface area (Å²) in [5, 5.41) is 3.56. The van der Waals surface area contributed by atoms with Crippen LogP contribution in [0.1, 0.15) is 44.2 Å². The molecule has 0 aliphatic carbocycles. The van der Waals surface area contributed by atoms with Crippen molar-refractivity contribution in [1.29, 1.82) is 0 Å². The summed E-state index contributed by atoms with van der Waals surface area (Å²) in [4.78, 5) is 27.6. The summed E-state index contributed by atoms with van der Waals surface area (Å²) in [5.41, 5.74) is 1.46. The second kappa shape index (κ2) is 13.4. The van der Waals surface area contributed by atoms with Crippen molar-refractivity contribution in [2.24, 2.45) is 0 Å². The second-order valence-corrected chi connectivity index (χ2v) is 8.72. The van der Waals surface area contributed by atoms with Crippen LogP contribution >= 0.6 is 23.4 Å². The Morgan fingerprint density at radius 2 is 1.84 bits per heavy atom. The lowest BCUT2D eigenvalue weighted by molar-refractivity contribution is -0.139. The lowest BCUT2D eigenvalue weighted by Gasteiger charge is -2.30. The van der Waals surface area contributed by atoms with Gasteiger partial charge in [-0.1, -0.05) is 62.2 Å². The van der Waals surface area contributed by atoms with Gasteiger partial charge in [0.05, 0.1) is 5.75 Å². The first-order valence-electron chi connectivity index (χ1n) is 10.6. The van der Waals surface area contributed by atoms with Gasteiger partial charge in [0.25, 0.3) is 0 Å². The van der Waals surface area contributed by atoms with E-state index in [0.717, 1.165) is 18.4 Å². The number of carbonyl (C=O) groups excluding carboxylic acids is 2. The highest BCUT2D eigenvalue weighted by molar-refractivity contribution is 7.99. The van der Waals surface area contributed by atoms with E-state index in [0.29, 0.717) is 35.8 Å². The quantitative estimate of drug-likeness (QED) is 0.426. The highest BCUT2D eigenvalue weighted by Gasteiger charge is 2.28. The lowest BCUT2D eigenvalue weighted by Crippen LogP contribution is -2.49. The van der Waals surface area contributed by atoms with Crippen LogP contribution in [0.5, 0.6) is 0 Å². The third-order valence-corrected chi connectivity index (χ3v) is 6.14. The monoisotopic (exact) mass is 464 g/mol. The number of nitrogens with one attached hydrogen (secondary N) is 1. The number of nitrogens with zero attached hydrogens (tertiary/aromatic N) is 1. The number of halogens is 2. The predicted molar refractivity (Wildman–Crippen MR) is 127 cm³/mol. The number of benzene rings is 2. The summed E-state index contributed by atoms with van der Waals surface area (Å²) >= 11 is 7.33. The summed E-state index contributed by atoms with van der Waals surface area (Å²) < 4.78 is 13.9. The van der Waals surface area contributed by atoms with E-state index in [1.807, 2.05) is 19.1 Å². The zero-order chi connectivity index (χ0) is 22.6. The van der Waals surface area contributed by atoms with Crippen molar-refractivity contribution in [3.05, 3.63) is 70.5 Å². The SMILES string of the molecule is CCCCNC(=O)[C@@H](CC)N(Cc1ccc(Cl)cc1)C(=O)CSCc1ccccc1F. The first-order valence-corrected chi connectivity index (χ1v) is 12.1. The Hall–Kier alpha value is -2.05. The summed E-state index contributed by atoms with van der Waals surface area (Å²) in [6.07, 6.45) is 2.39. The molecule has 31 heavy (non-hydrogen) atoms. The van der Waals surface area contributed by atoms with Crippen molar-refractivity contribution in [1.82, 2.24) is 10.2 Å². The molecule has 0 aliphatic heterocycles. The molecule has 0 fully saturated rings. The molecule has 0 aromatic heterocycles. The Labute approximate surface area is 193 Å². The molecule has 0 unspecified atom stereocenters. The molecule has 7 heteroatoms. The molecule has 4 nitrogen and oxygen atoms in total. The first kappa shape index (κ1) is 25.2. The minimum atomic E-state index is -0.561. The van der Waals surface area contributed by atoms with Crippen LogP contribution in [0.4, 0.5) is 4.39 Å². The highest BCUT2D eigenvalue weighted by Crippen LogP contribution is 2.19. The van der Waals surface area contributed by atoms with E-state index in [1.54, 1.807) is 35.2 Å². The van der Waals surface area contributed by atoms with Crippen LogP contribution in [0.3, 0.4) is 0 Å². The summed E-state index contributed by atoms with van der Waals surface area (Å²) in [6, 6.07) is 13.3. The molecule has 0 aliphatic rings. The molecule has 0 radical (unpaired) electrons. The van der Waals surface area contributed by atoms with Gasteiger partial charge in [0.2, 0.25) is 11.8 Å². The normalized spacial score (nSPS) is 11.7. The Morgan fingerprint density at radius 1 is 1.13 bits per heavy atom. The molecule has 0 spiro atoms. The number of hydrogen-bond donors (Lipinski definition) is 1. The maximum Gasteiger partial charge on any atom is 0.242 e. The van der Waals surface area contributed by atoms with E-state index in [2.05, 4.69) is 12.2 Å². The van der Waals surface area contributed by atoms with E-state index in [9.17, 15) is 14.0 Å². The molecular formula is C24H30ClFN2O2S. The zero-order valence-electron chi connectivity index (χ0n) is 18.1. The molecule has 2 amide bonds. The van der Waals surface area contributed by atoms with Gasteiger partial charge in [0, 0.05) is 23.9 Å². The number of thioether (sulfide) groups is 1. The van der Waals surface area contributed by atoms with E-state index in [-0.39, 0.29) is 23.4 Å². The van der Waals surface area contributed by atoms with Gasteiger partial charge in [-0.3, -0.25) is 9.59 Å². The number of amides is 2. The van der Waals surface area contributed by atoms with Gasteiger partial charge in [0.15, 0.2) is 0 Å². The third kappa shape index (κ3) is 8.19. The van der Waals surface area contributed by atoms with Crippen LogP contribution in [0.2, 0.25) is 5.02 Å². The third-order valence-electron chi connectivity index (χ3n) is 4.92. The lowest BCUT2D eigenvalue weighted by atomic mass is 10.1. The second-order valence-electron chi connectivity index (χ2n) is 7.30. The minimum Gasteiger partial charge on any atom is -0.354 e. The van der Waals surface area contributed by atoms with Crippen LogP contribution in [-0.2, 0) is 21.9 Å². The van der Waals surface area contributed by atoms with Crippen LogP contribution in [0.15, 0.2) is 48.5 Å². The summed E-state index contributed by atoms with van der Waals surface area (Å²) in [6.45, 7) is 4.87. The maximum absolute atomic E-state index is 13.9. The summed E-state index contributed by atoms with van der Waals surface area (Å²) in [5.74, 6) is 0.00114. The number of rotatable bonds is 12. The fourth-order valence-corrected chi connectivity index (χ4v) is 4.18. The fraction of sp³-hybridized carbons (Fsp3) is 0.417. The number of unbranched alkanes of at least 4 members (excludes halogenated alkanes) is 1. The molecule has 0 heterocycles. The summed E-state index contributed by atoms with van der Waals surface area (Å²) in [7, 11) is 0. The largest absolute Gasteiger partial charge is 0.354 e. The Kier molecular flexibility index (Phi) is 10.9. The predicted octanol–water partition coefficient (Wildman–Crippen LogP) is 5.44. The van der Waals surface area contributed by atoms with Gasteiger partial charge < -0.3 is 10.2 Å². The molecule has 0 saturated heterocycles. The van der Waals surface area contributed by atoms with Crippen molar-refractivity contribution in [3.63, 3.8) is 0 Å². The van der Waals surface area contributed by atoms with E-state index >= 15 is 0 Å². The molecule has 168 valence electrons. The average molecular weight is 465 g/mol. The van der Waals surface area contributed by atoms with Gasteiger partial charge in [-0.2, -0.15) is 0 Å². The van der Waals surface area contributed by atoms with E-state index in [4.69, 9.17) is 11.6 Å². The van der Waals surface area contributed by atoms with Gasteiger partial charge >= 0.3 is 0 Å². The topological polar surface area (TPSA) is 49.4 Å². The molecule has 0 saturated carbocycles. The van der Waals surface area contributed by atoms with E-state index in [1.165, 1.54) is 17.8 Å². The molecule has 2 aromatic rings.